The summed E-state index contributed by atoms with van der Waals surface area (Å²) >= 11 is 3.63. The van der Waals surface area contributed by atoms with E-state index >= 15 is 0 Å². The zero-order valence-electron chi connectivity index (χ0n) is 14.8. The number of methoxy groups -OCH3 is 2. The zero-order valence-corrected chi connectivity index (χ0v) is 16.4. The second-order valence-corrected chi connectivity index (χ2v) is 7.12. The maximum absolute atomic E-state index is 11.8. The summed E-state index contributed by atoms with van der Waals surface area (Å²) < 4.78 is 11.9. The van der Waals surface area contributed by atoms with E-state index in [0.717, 1.165) is 22.0 Å². The van der Waals surface area contributed by atoms with Crippen LogP contribution in [0.25, 0.3) is 0 Å². The fourth-order valence-electron chi connectivity index (χ4n) is 3.64. The second kappa shape index (κ2) is 8.10. The Morgan fingerprint density at radius 1 is 1.19 bits per heavy atom. The van der Waals surface area contributed by atoms with Gasteiger partial charge >= 0.3 is 5.97 Å². The van der Waals surface area contributed by atoms with Gasteiger partial charge in [-0.25, -0.2) is 0 Å². The third-order valence-electron chi connectivity index (χ3n) is 4.84. The highest BCUT2D eigenvalue weighted by Crippen LogP contribution is 2.42. The van der Waals surface area contributed by atoms with Gasteiger partial charge in [0.15, 0.2) is 0 Å². The fraction of sp³-hybridized carbons (Fsp3) is 0.350. The summed E-state index contributed by atoms with van der Waals surface area (Å²) in [5.41, 5.74) is 1.90. The molecule has 26 heavy (non-hydrogen) atoms. The maximum Gasteiger partial charge on any atom is 0.320 e. The summed E-state index contributed by atoms with van der Waals surface area (Å²) in [6.45, 7) is 0.712. The van der Waals surface area contributed by atoms with Crippen LogP contribution in [0, 0.1) is 0 Å². The standard InChI is InChI=1S/C20H22BrNO4/c1-25-13-9-10-18(26-2)15(12-13)19(14-6-3-4-7-16(14)21)22-11-5-8-17(22)20(23)24/h3-4,6-7,9-10,12,17,19H,5,8,11H2,1-2H3,(H,23,24). The fourth-order valence-corrected chi connectivity index (χ4v) is 4.14. The molecule has 138 valence electrons. The van der Waals surface area contributed by atoms with E-state index in [1.807, 2.05) is 47.4 Å². The van der Waals surface area contributed by atoms with E-state index in [-0.39, 0.29) is 6.04 Å². The van der Waals surface area contributed by atoms with Crippen molar-refractivity contribution in [2.75, 3.05) is 20.8 Å². The molecule has 5 nitrogen and oxygen atoms in total. The van der Waals surface area contributed by atoms with Gasteiger partial charge in [0.25, 0.3) is 0 Å². The molecule has 2 aromatic carbocycles. The molecule has 6 heteroatoms. The zero-order chi connectivity index (χ0) is 18.7. The van der Waals surface area contributed by atoms with Crippen molar-refractivity contribution >= 4 is 21.9 Å². The molecular weight excluding hydrogens is 398 g/mol. The van der Waals surface area contributed by atoms with Gasteiger partial charge in [-0.3, -0.25) is 9.69 Å². The lowest BCUT2D eigenvalue weighted by atomic mass is 9.95. The number of aliphatic carboxylic acids is 1. The molecule has 0 aromatic heterocycles. The van der Waals surface area contributed by atoms with Gasteiger partial charge in [-0.15, -0.1) is 0 Å². The molecule has 0 radical (unpaired) electrons. The average molecular weight is 420 g/mol. The normalized spacial score (nSPS) is 18.5. The van der Waals surface area contributed by atoms with Crippen LogP contribution in [0.4, 0.5) is 0 Å². The quantitative estimate of drug-likeness (QED) is 0.763. The van der Waals surface area contributed by atoms with Crippen LogP contribution in [0.3, 0.4) is 0 Å². The number of likely N-dealkylation sites (tertiary alicyclic amines) is 1. The first-order valence-corrected chi connectivity index (χ1v) is 9.31. The average Bonchev–Trinajstić information content (AvgIpc) is 3.13. The second-order valence-electron chi connectivity index (χ2n) is 6.27. The number of halogens is 1. The number of carboxylic acids is 1. The minimum Gasteiger partial charge on any atom is -0.497 e. The van der Waals surface area contributed by atoms with E-state index in [2.05, 4.69) is 15.9 Å². The SMILES string of the molecule is COc1ccc(OC)c(C(c2ccccc2Br)N2CCCC2C(=O)O)c1. The molecule has 1 N–H and O–H groups in total. The Bertz CT molecular complexity index is 795. The highest BCUT2D eigenvalue weighted by atomic mass is 79.9. The summed E-state index contributed by atoms with van der Waals surface area (Å²) in [6.07, 6.45) is 1.49. The minimum atomic E-state index is -0.790. The van der Waals surface area contributed by atoms with Crippen molar-refractivity contribution in [2.45, 2.75) is 24.9 Å². The van der Waals surface area contributed by atoms with Crippen molar-refractivity contribution in [2.24, 2.45) is 0 Å². The van der Waals surface area contributed by atoms with E-state index < -0.39 is 12.0 Å². The summed E-state index contributed by atoms with van der Waals surface area (Å²) in [4.78, 5) is 13.9. The van der Waals surface area contributed by atoms with Gasteiger partial charge in [0.05, 0.1) is 20.3 Å². The predicted octanol–water partition coefficient (Wildman–Crippen LogP) is 4.10. The lowest BCUT2D eigenvalue weighted by Crippen LogP contribution is -2.39. The van der Waals surface area contributed by atoms with Crippen LogP contribution in [0.15, 0.2) is 46.9 Å². The van der Waals surface area contributed by atoms with Crippen molar-refractivity contribution in [1.82, 2.24) is 4.90 Å². The summed E-state index contributed by atoms with van der Waals surface area (Å²) in [5, 5.41) is 9.71. The smallest absolute Gasteiger partial charge is 0.320 e. The molecule has 2 aromatic rings. The summed E-state index contributed by atoms with van der Waals surface area (Å²) in [7, 11) is 3.25. The number of benzene rings is 2. The topological polar surface area (TPSA) is 59.0 Å². The van der Waals surface area contributed by atoms with Crippen LogP contribution in [0.2, 0.25) is 0 Å². The lowest BCUT2D eigenvalue weighted by Gasteiger charge is -2.33. The Labute approximate surface area is 161 Å². The molecule has 2 unspecified atom stereocenters. The highest BCUT2D eigenvalue weighted by Gasteiger charge is 2.38. The molecule has 1 heterocycles. The number of hydrogen-bond donors (Lipinski definition) is 1. The van der Waals surface area contributed by atoms with Crippen LogP contribution >= 0.6 is 15.9 Å². The number of rotatable bonds is 6. The van der Waals surface area contributed by atoms with Crippen molar-refractivity contribution in [3.05, 3.63) is 58.1 Å². The maximum atomic E-state index is 11.8. The molecule has 1 aliphatic rings. The summed E-state index contributed by atoms with van der Waals surface area (Å²) in [5.74, 6) is 0.632. The van der Waals surface area contributed by atoms with Gasteiger partial charge in [0, 0.05) is 16.6 Å². The van der Waals surface area contributed by atoms with Crippen molar-refractivity contribution < 1.29 is 19.4 Å². The summed E-state index contributed by atoms with van der Waals surface area (Å²) in [6, 6.07) is 12.8. The Morgan fingerprint density at radius 3 is 2.62 bits per heavy atom. The number of nitrogens with zero attached hydrogens (tertiary/aromatic N) is 1. The van der Waals surface area contributed by atoms with E-state index in [1.54, 1.807) is 14.2 Å². The van der Waals surface area contributed by atoms with Crippen LogP contribution in [-0.2, 0) is 4.79 Å². The largest absolute Gasteiger partial charge is 0.497 e. The van der Waals surface area contributed by atoms with Gasteiger partial charge in [0.1, 0.15) is 17.5 Å². The van der Waals surface area contributed by atoms with Crippen molar-refractivity contribution in [3.8, 4) is 11.5 Å². The van der Waals surface area contributed by atoms with E-state index in [4.69, 9.17) is 9.47 Å². The Kier molecular flexibility index (Phi) is 5.84. The van der Waals surface area contributed by atoms with E-state index in [1.165, 1.54) is 0 Å². The molecular formula is C20H22BrNO4. The molecule has 3 rings (SSSR count). The number of carbonyl (C=O) groups is 1. The first-order chi connectivity index (χ1) is 12.6. The highest BCUT2D eigenvalue weighted by molar-refractivity contribution is 9.10. The van der Waals surface area contributed by atoms with Gasteiger partial charge in [0.2, 0.25) is 0 Å². The molecule has 0 amide bonds. The number of hydrogen-bond acceptors (Lipinski definition) is 4. The molecule has 0 saturated carbocycles. The predicted molar refractivity (Wildman–Crippen MR) is 103 cm³/mol. The molecule has 0 spiro atoms. The van der Waals surface area contributed by atoms with Crippen LogP contribution in [-0.4, -0.2) is 42.8 Å². The third kappa shape index (κ3) is 3.57. The van der Waals surface area contributed by atoms with Crippen LogP contribution in [0.5, 0.6) is 11.5 Å². The van der Waals surface area contributed by atoms with Crippen LogP contribution < -0.4 is 9.47 Å². The Morgan fingerprint density at radius 2 is 1.96 bits per heavy atom. The Hall–Kier alpha value is -2.05. The van der Waals surface area contributed by atoms with E-state index in [0.29, 0.717) is 24.5 Å². The van der Waals surface area contributed by atoms with Crippen LogP contribution in [0.1, 0.15) is 30.0 Å². The van der Waals surface area contributed by atoms with E-state index in [9.17, 15) is 9.90 Å². The van der Waals surface area contributed by atoms with Crippen molar-refractivity contribution in [1.29, 1.82) is 0 Å². The minimum absolute atomic E-state index is 0.251. The van der Waals surface area contributed by atoms with Crippen molar-refractivity contribution in [3.63, 3.8) is 0 Å². The molecule has 0 aliphatic carbocycles. The molecule has 2 atom stereocenters. The Balaban J connectivity index is 2.19. The van der Waals surface area contributed by atoms with Gasteiger partial charge in [-0.1, -0.05) is 34.1 Å². The van der Waals surface area contributed by atoms with Gasteiger partial charge in [-0.05, 0) is 42.7 Å². The number of ether oxygens (including phenoxy) is 2. The first-order valence-electron chi connectivity index (χ1n) is 8.51. The monoisotopic (exact) mass is 419 g/mol. The third-order valence-corrected chi connectivity index (χ3v) is 5.56. The number of carboxylic acid groups (broad SMARTS) is 1. The molecule has 1 aliphatic heterocycles. The van der Waals surface area contributed by atoms with Gasteiger partial charge in [-0.2, -0.15) is 0 Å². The van der Waals surface area contributed by atoms with Gasteiger partial charge < -0.3 is 14.6 Å². The molecule has 1 fully saturated rings. The lowest BCUT2D eigenvalue weighted by molar-refractivity contribution is -0.142. The first kappa shape index (κ1) is 18.7. The molecule has 0 bridgehead atoms. The molecule has 1 saturated heterocycles.